The lowest BCUT2D eigenvalue weighted by Gasteiger charge is -2.14. The largest absolute Gasteiger partial charge is 0.494 e. The van der Waals surface area contributed by atoms with Gasteiger partial charge in [0.2, 0.25) is 0 Å². The lowest BCUT2D eigenvalue weighted by Crippen LogP contribution is -2.02. The van der Waals surface area contributed by atoms with Crippen molar-refractivity contribution >= 4 is 23.0 Å². The minimum absolute atomic E-state index is 0.399. The third-order valence-electron chi connectivity index (χ3n) is 4.97. The van der Waals surface area contributed by atoms with Crippen LogP contribution in [0.1, 0.15) is 13.8 Å². The van der Waals surface area contributed by atoms with E-state index >= 15 is 0 Å². The molecule has 0 unspecified atom stereocenters. The molecule has 0 spiro atoms. The molecule has 0 atom stereocenters. The maximum absolute atomic E-state index is 11.3. The molecule has 1 aromatic heterocycles. The van der Waals surface area contributed by atoms with E-state index in [0.29, 0.717) is 45.4 Å². The fourth-order valence-electron chi connectivity index (χ4n) is 3.51. The van der Waals surface area contributed by atoms with E-state index in [1.54, 1.807) is 74.9 Å². The number of aromatic nitrogens is 2. The number of benzene rings is 3. The summed E-state index contributed by atoms with van der Waals surface area (Å²) in [5, 5.41) is 0. The van der Waals surface area contributed by atoms with Crippen LogP contribution < -0.4 is 18.9 Å². The van der Waals surface area contributed by atoms with Gasteiger partial charge in [0.25, 0.3) is 0 Å². The lowest BCUT2D eigenvalue weighted by molar-refractivity contribution is -0.132. The Hall–Kier alpha value is -4.46. The summed E-state index contributed by atoms with van der Waals surface area (Å²) in [6.45, 7) is 2.69. The summed E-state index contributed by atoms with van der Waals surface area (Å²) in [4.78, 5) is 32.4. The molecule has 0 aliphatic rings. The lowest BCUT2D eigenvalue weighted by atomic mass is 10.0. The van der Waals surface area contributed by atoms with Gasteiger partial charge in [-0.3, -0.25) is 9.59 Å². The second kappa shape index (κ2) is 9.58. The van der Waals surface area contributed by atoms with Gasteiger partial charge in [-0.2, -0.15) is 0 Å². The van der Waals surface area contributed by atoms with Crippen molar-refractivity contribution in [2.45, 2.75) is 13.8 Å². The average molecular weight is 458 g/mol. The molecule has 0 bridgehead atoms. The Labute approximate surface area is 196 Å². The van der Waals surface area contributed by atoms with Crippen LogP contribution >= 0.6 is 0 Å². The Morgan fingerprint density at radius 3 is 1.24 bits per heavy atom. The fourth-order valence-corrected chi connectivity index (χ4v) is 3.51. The van der Waals surface area contributed by atoms with E-state index in [-0.39, 0.29) is 0 Å². The monoisotopic (exact) mass is 458 g/mol. The molecule has 4 aromatic rings. The van der Waals surface area contributed by atoms with Gasteiger partial charge >= 0.3 is 11.9 Å². The van der Waals surface area contributed by atoms with Crippen molar-refractivity contribution in [1.29, 1.82) is 0 Å². The van der Waals surface area contributed by atoms with E-state index < -0.39 is 11.9 Å². The number of rotatable bonds is 6. The first-order chi connectivity index (χ1) is 16.4. The van der Waals surface area contributed by atoms with E-state index in [0.717, 1.165) is 11.1 Å². The average Bonchev–Trinajstić information content (AvgIpc) is 2.83. The van der Waals surface area contributed by atoms with E-state index in [1.807, 2.05) is 0 Å². The molecular weight excluding hydrogens is 436 g/mol. The summed E-state index contributed by atoms with van der Waals surface area (Å²) in [5.74, 6) is 1.16. The van der Waals surface area contributed by atoms with Gasteiger partial charge in [-0.05, 0) is 60.7 Å². The number of carbonyl (C=O) groups is 2. The first-order valence-electron chi connectivity index (χ1n) is 10.4. The van der Waals surface area contributed by atoms with Crippen molar-refractivity contribution in [2.75, 3.05) is 14.2 Å². The highest BCUT2D eigenvalue weighted by Gasteiger charge is 2.18. The summed E-state index contributed by atoms with van der Waals surface area (Å²) >= 11 is 0. The SMILES string of the molecule is COc1ccc(OC)c2nc(-c3ccc(OC(C)=O)cc3)c(-c3ccc(OC(C)=O)cc3)nc12. The summed E-state index contributed by atoms with van der Waals surface area (Å²) < 4.78 is 21.3. The predicted octanol–water partition coefficient (Wildman–Crippen LogP) is 4.83. The van der Waals surface area contributed by atoms with Crippen molar-refractivity contribution in [3.05, 3.63) is 60.7 Å². The smallest absolute Gasteiger partial charge is 0.308 e. The molecule has 0 saturated carbocycles. The Morgan fingerprint density at radius 2 is 0.941 bits per heavy atom. The molecule has 1 heterocycles. The van der Waals surface area contributed by atoms with Crippen LogP contribution in [-0.4, -0.2) is 36.1 Å². The van der Waals surface area contributed by atoms with Crippen LogP contribution in [0.4, 0.5) is 0 Å². The Balaban J connectivity index is 1.93. The molecule has 0 aliphatic carbocycles. The molecule has 4 rings (SSSR count). The molecule has 0 N–H and O–H groups in total. The number of hydrogen-bond acceptors (Lipinski definition) is 8. The highest BCUT2D eigenvalue weighted by molar-refractivity contribution is 5.92. The summed E-state index contributed by atoms with van der Waals surface area (Å²) in [7, 11) is 3.14. The first-order valence-corrected chi connectivity index (χ1v) is 10.4. The molecule has 0 amide bonds. The Bertz CT molecular complexity index is 1260. The molecule has 0 fully saturated rings. The van der Waals surface area contributed by atoms with Gasteiger partial charge < -0.3 is 18.9 Å². The topological polar surface area (TPSA) is 96.8 Å². The highest BCUT2D eigenvalue weighted by atomic mass is 16.5. The van der Waals surface area contributed by atoms with E-state index in [9.17, 15) is 9.59 Å². The van der Waals surface area contributed by atoms with Crippen LogP contribution in [0.15, 0.2) is 60.7 Å². The zero-order chi connectivity index (χ0) is 24.2. The summed E-state index contributed by atoms with van der Waals surface area (Å²) in [6, 6.07) is 17.5. The molecule has 8 nitrogen and oxygen atoms in total. The van der Waals surface area contributed by atoms with Crippen LogP contribution in [0.2, 0.25) is 0 Å². The number of ether oxygens (including phenoxy) is 4. The quantitative estimate of drug-likeness (QED) is 0.299. The number of fused-ring (bicyclic) bond motifs is 1. The van der Waals surface area contributed by atoms with Gasteiger partial charge in [0.15, 0.2) is 0 Å². The number of methoxy groups -OCH3 is 2. The number of esters is 2. The standard InChI is InChI=1S/C26H22N2O6/c1-15(29)33-19-9-5-17(6-10-19)23-24(18-7-11-20(12-8-18)34-16(2)30)28-26-22(32-4)14-13-21(31-3)25(26)27-23/h5-14H,1-4H3. The molecular formula is C26H22N2O6. The van der Waals surface area contributed by atoms with Gasteiger partial charge in [0, 0.05) is 25.0 Å². The zero-order valence-corrected chi connectivity index (χ0v) is 19.1. The first kappa shape index (κ1) is 22.7. The molecule has 0 radical (unpaired) electrons. The van der Waals surface area contributed by atoms with Crippen LogP contribution in [0.25, 0.3) is 33.5 Å². The molecule has 172 valence electrons. The van der Waals surface area contributed by atoms with Crippen molar-refractivity contribution in [1.82, 2.24) is 9.97 Å². The third-order valence-corrected chi connectivity index (χ3v) is 4.97. The predicted molar refractivity (Wildman–Crippen MR) is 126 cm³/mol. The second-order valence-electron chi connectivity index (χ2n) is 7.32. The van der Waals surface area contributed by atoms with Crippen molar-refractivity contribution < 1.29 is 28.5 Å². The van der Waals surface area contributed by atoms with Crippen LogP contribution in [-0.2, 0) is 9.59 Å². The minimum Gasteiger partial charge on any atom is -0.494 e. The van der Waals surface area contributed by atoms with Crippen molar-refractivity contribution in [3.63, 3.8) is 0 Å². The van der Waals surface area contributed by atoms with E-state index in [1.165, 1.54) is 13.8 Å². The van der Waals surface area contributed by atoms with Crippen LogP contribution in [0.3, 0.4) is 0 Å². The number of carbonyl (C=O) groups excluding carboxylic acids is 2. The fraction of sp³-hybridized carbons (Fsp3) is 0.154. The van der Waals surface area contributed by atoms with Gasteiger partial charge in [-0.15, -0.1) is 0 Å². The highest BCUT2D eigenvalue weighted by Crippen LogP contribution is 2.37. The minimum atomic E-state index is -0.399. The van der Waals surface area contributed by atoms with E-state index in [4.69, 9.17) is 28.9 Å². The second-order valence-corrected chi connectivity index (χ2v) is 7.32. The zero-order valence-electron chi connectivity index (χ0n) is 19.1. The molecule has 8 heteroatoms. The maximum Gasteiger partial charge on any atom is 0.308 e. The van der Waals surface area contributed by atoms with Crippen LogP contribution in [0, 0.1) is 0 Å². The normalized spacial score (nSPS) is 10.6. The maximum atomic E-state index is 11.3. The van der Waals surface area contributed by atoms with Crippen LogP contribution in [0.5, 0.6) is 23.0 Å². The third kappa shape index (κ3) is 4.66. The van der Waals surface area contributed by atoms with Gasteiger partial charge in [0.1, 0.15) is 34.0 Å². The van der Waals surface area contributed by atoms with Gasteiger partial charge in [-0.25, -0.2) is 9.97 Å². The van der Waals surface area contributed by atoms with Crippen molar-refractivity contribution in [2.24, 2.45) is 0 Å². The molecule has 3 aromatic carbocycles. The Kier molecular flexibility index (Phi) is 6.40. The number of nitrogens with zero attached hydrogens (tertiary/aromatic N) is 2. The van der Waals surface area contributed by atoms with E-state index in [2.05, 4.69) is 0 Å². The molecule has 0 saturated heterocycles. The van der Waals surface area contributed by atoms with Gasteiger partial charge in [0.05, 0.1) is 25.6 Å². The molecule has 0 aliphatic heterocycles. The summed E-state index contributed by atoms with van der Waals surface area (Å²) in [5.41, 5.74) is 3.79. The molecule has 34 heavy (non-hydrogen) atoms. The Morgan fingerprint density at radius 1 is 0.588 bits per heavy atom. The summed E-state index contributed by atoms with van der Waals surface area (Å²) in [6.07, 6.45) is 0. The number of hydrogen-bond donors (Lipinski definition) is 0. The van der Waals surface area contributed by atoms with Crippen molar-refractivity contribution in [3.8, 4) is 45.5 Å². The van der Waals surface area contributed by atoms with Gasteiger partial charge in [-0.1, -0.05) is 0 Å².